The van der Waals surface area contributed by atoms with Crippen LogP contribution in [-0.2, 0) is 51.2 Å². The molecule has 24 heteroatoms. The van der Waals surface area contributed by atoms with Crippen molar-refractivity contribution in [2.45, 2.75) is 49.2 Å². The first-order chi connectivity index (χ1) is 20.9. The fourth-order valence-corrected chi connectivity index (χ4v) is 8.10. The summed E-state index contributed by atoms with van der Waals surface area (Å²) in [6.07, 6.45) is -7.51. The molecule has 3 saturated heterocycles. The summed E-state index contributed by atoms with van der Waals surface area (Å²) in [6.45, 7) is -9.65. The van der Waals surface area contributed by atoms with Crippen LogP contribution >= 0.6 is 13.4 Å². The van der Waals surface area contributed by atoms with Crippen LogP contribution in [0.4, 0.5) is 20.4 Å². The van der Waals surface area contributed by atoms with Crippen LogP contribution in [0.25, 0.3) is 22.3 Å². The molecule has 3 fully saturated rings. The van der Waals surface area contributed by atoms with Crippen molar-refractivity contribution in [2.24, 2.45) is 0 Å². The lowest BCUT2D eigenvalue weighted by atomic mass is 10.1. The van der Waals surface area contributed by atoms with Crippen LogP contribution in [0.1, 0.15) is 12.5 Å². The molecule has 3 aliphatic heterocycles. The van der Waals surface area contributed by atoms with Gasteiger partial charge in [-0.15, -0.1) is 0 Å². The van der Waals surface area contributed by atoms with E-state index >= 15 is 8.78 Å². The monoisotopic (exact) mass is 695 g/mol. The smallest absolute Gasteiger partial charge is 0.325 e. The first-order valence-electron chi connectivity index (χ1n) is 12.7. The summed E-state index contributed by atoms with van der Waals surface area (Å²) in [4.78, 5) is 44.8. The van der Waals surface area contributed by atoms with E-state index in [1.54, 1.807) is 0 Å². The van der Waals surface area contributed by atoms with Gasteiger partial charge in [0.15, 0.2) is 48.5 Å². The summed E-state index contributed by atoms with van der Waals surface area (Å²) < 4.78 is 68.4. The third-order valence-electron chi connectivity index (χ3n) is 7.23. The van der Waals surface area contributed by atoms with Gasteiger partial charge in [-0.2, -0.15) is 4.98 Å². The Bertz CT molecular complexity index is 1710. The van der Waals surface area contributed by atoms with Crippen molar-refractivity contribution in [2.75, 3.05) is 24.7 Å². The summed E-state index contributed by atoms with van der Waals surface area (Å²) in [6, 6.07) is 0. The van der Waals surface area contributed by atoms with Crippen molar-refractivity contribution in [1.29, 1.82) is 0 Å². The number of rotatable bonds is 2. The van der Waals surface area contributed by atoms with Crippen molar-refractivity contribution in [3.63, 3.8) is 0 Å². The predicted molar refractivity (Wildman–Crippen MR) is 151 cm³/mol. The van der Waals surface area contributed by atoms with Crippen LogP contribution < -0.4 is 16.0 Å². The molecular weight excluding hydrogens is 672 g/mol. The highest BCUT2D eigenvalue weighted by Gasteiger charge is 2.54. The van der Waals surface area contributed by atoms with Gasteiger partial charge in [-0.25, -0.2) is 28.3 Å². The Morgan fingerprint density at radius 1 is 0.909 bits per heavy atom. The number of nitrogens with two attached hydrogens (primary N) is 2. The number of hydrogen-bond donors (Lipinski definition) is 5. The van der Waals surface area contributed by atoms with Gasteiger partial charge in [0.05, 0.1) is 19.5 Å². The largest absolute Gasteiger partial charge is 0.382 e. The number of nitrogens with one attached hydrogen (secondary N) is 1. The highest BCUT2D eigenvalue weighted by Crippen LogP contribution is 2.54. The topological polar surface area (TPSA) is 237 Å². The van der Waals surface area contributed by atoms with E-state index in [0.717, 1.165) is 0 Å². The molecule has 7 N–H and O–H groups in total. The number of hydrogen-bond acceptors (Lipinski definition) is 15. The van der Waals surface area contributed by atoms with Gasteiger partial charge in [0.1, 0.15) is 36.3 Å². The lowest BCUT2D eigenvalue weighted by Gasteiger charge is -2.29. The van der Waals surface area contributed by atoms with Crippen LogP contribution in [0.15, 0.2) is 25.3 Å². The number of nitrogens with zero attached hydrogens (tertiary/aromatic N) is 7. The molecule has 0 saturated carbocycles. The van der Waals surface area contributed by atoms with E-state index in [0.29, 0.717) is 5.52 Å². The van der Waals surface area contributed by atoms with Gasteiger partial charge < -0.3 is 39.8 Å². The highest BCUT2D eigenvalue weighted by molar-refractivity contribution is 8.07. The van der Waals surface area contributed by atoms with E-state index in [1.807, 2.05) is 0 Å². The van der Waals surface area contributed by atoms with Crippen LogP contribution in [-0.4, -0.2) is 94.2 Å². The molecule has 0 aliphatic carbocycles. The summed E-state index contributed by atoms with van der Waals surface area (Å²) in [5, 5.41) is 0. The summed E-state index contributed by atoms with van der Waals surface area (Å²) in [5.41, 5.74) is 12.6. The van der Waals surface area contributed by atoms with E-state index in [4.69, 9.17) is 62.6 Å². The van der Waals surface area contributed by atoms with Crippen LogP contribution in [0.5, 0.6) is 0 Å². The number of halogens is 2. The number of aromatic nitrogens is 8. The van der Waals surface area contributed by atoms with Gasteiger partial charge in [0.25, 0.3) is 0 Å². The molecule has 0 bridgehead atoms. The SMILES string of the molecule is Nc1ncnc2c1ncn2C1OC2COP(O)(=S)OC3C(COP(O)(=S)OC2C1F)OC([n+]1c[nH]c2c(N)ncnc21)C3F. The van der Waals surface area contributed by atoms with E-state index in [2.05, 4.69) is 29.9 Å². The first kappa shape index (κ1) is 30.2. The number of anilines is 2. The normalized spacial score (nSPS) is 38.3. The molecule has 3 aliphatic rings. The molecule has 44 heavy (non-hydrogen) atoms. The van der Waals surface area contributed by atoms with Gasteiger partial charge >= 0.3 is 19.1 Å². The molecule has 0 amide bonds. The van der Waals surface area contributed by atoms with Gasteiger partial charge in [0, 0.05) is 0 Å². The molecule has 0 radical (unpaired) electrons. The molecule has 7 rings (SSSR count). The average Bonchev–Trinajstić information content (AvgIpc) is 3.73. The quantitative estimate of drug-likeness (QED) is 0.137. The number of aromatic amines is 1. The zero-order valence-electron chi connectivity index (χ0n) is 21.9. The Morgan fingerprint density at radius 2 is 1.55 bits per heavy atom. The van der Waals surface area contributed by atoms with Gasteiger partial charge in [-0.1, -0.05) is 4.98 Å². The molecule has 0 spiro atoms. The third kappa shape index (κ3) is 5.27. The zero-order valence-corrected chi connectivity index (χ0v) is 25.4. The second-order valence-electron chi connectivity index (χ2n) is 9.91. The standard InChI is InChI=1S/C20H22F2N10O8P2S2/c21-9-13-7(37-19(9)31-5-29-11-15(23)25-3-27-17(11)31)1-35-41(33,43)40-14-8(2-36-42(34,44)39-13)38-20(10(14)22)32-6-30-12-16(24)26-4-28-18(12)32/h3-10,13-14,19-20H,1-2H2,(H6,23,24,25,26,27,28,33,34,43,44)/p+1. The Hall–Kier alpha value is -2.46. The van der Waals surface area contributed by atoms with Crippen LogP contribution in [0.2, 0.25) is 0 Å². The molecule has 7 heterocycles. The Kier molecular flexibility index (Phi) is 7.63. The van der Waals surface area contributed by atoms with Crippen LogP contribution in [0, 0.1) is 0 Å². The highest BCUT2D eigenvalue weighted by atomic mass is 32.5. The maximum atomic E-state index is 16.0. The fraction of sp³-hybridized carbons (Fsp3) is 0.500. The third-order valence-corrected chi connectivity index (χ3v) is 10.4. The lowest BCUT2D eigenvalue weighted by Crippen LogP contribution is -2.44. The molecule has 10 atom stereocenters. The number of ether oxygens (including phenoxy) is 2. The van der Waals surface area contributed by atoms with Crippen molar-refractivity contribution >= 4 is 71.0 Å². The average molecular weight is 696 g/mol. The Morgan fingerprint density at radius 3 is 2.27 bits per heavy atom. The molecule has 4 aromatic heterocycles. The second-order valence-corrected chi connectivity index (χ2v) is 15.5. The summed E-state index contributed by atoms with van der Waals surface area (Å²) >= 11 is 10.3. The van der Waals surface area contributed by atoms with E-state index in [9.17, 15) is 9.79 Å². The van der Waals surface area contributed by atoms with Crippen molar-refractivity contribution < 1.29 is 50.7 Å². The predicted octanol–water partition coefficient (Wildman–Crippen LogP) is -0.0285. The molecule has 10 unspecified atom stereocenters. The van der Waals surface area contributed by atoms with E-state index in [-0.39, 0.29) is 28.4 Å². The number of H-pyrrole nitrogens is 1. The lowest BCUT2D eigenvalue weighted by molar-refractivity contribution is -0.743. The number of fused-ring (bicyclic) bond motifs is 4. The van der Waals surface area contributed by atoms with Crippen molar-refractivity contribution in [1.82, 2.24) is 34.5 Å². The van der Waals surface area contributed by atoms with E-state index < -0.39 is 75.9 Å². The minimum absolute atomic E-state index is 0.0623. The van der Waals surface area contributed by atoms with Crippen LogP contribution in [0.3, 0.4) is 0 Å². The van der Waals surface area contributed by atoms with Gasteiger partial charge in [-0.05, 0) is 23.6 Å². The Balaban J connectivity index is 1.17. The first-order valence-corrected chi connectivity index (χ1v) is 17.9. The second kappa shape index (κ2) is 11.1. The Labute approximate surface area is 255 Å². The maximum Gasteiger partial charge on any atom is 0.325 e. The van der Waals surface area contributed by atoms with Crippen molar-refractivity contribution in [3.8, 4) is 0 Å². The molecule has 4 aromatic rings. The minimum atomic E-state index is -4.23. The number of imidazole rings is 2. The zero-order chi connectivity index (χ0) is 31.0. The fourth-order valence-electron chi connectivity index (χ4n) is 5.23. The molecule has 18 nitrogen and oxygen atoms in total. The minimum Gasteiger partial charge on any atom is -0.382 e. The van der Waals surface area contributed by atoms with Gasteiger partial charge in [-0.3, -0.25) is 18.6 Å². The summed E-state index contributed by atoms with van der Waals surface area (Å²) in [5.74, 6) is 0.178. The molecular formula is C20H23F2N10O8P2S2+. The maximum absolute atomic E-state index is 16.0. The summed E-state index contributed by atoms with van der Waals surface area (Å²) in [7, 11) is 0. The number of nitrogen functional groups attached to an aromatic ring is 2. The van der Waals surface area contributed by atoms with E-state index in [1.165, 1.54) is 34.4 Å². The van der Waals surface area contributed by atoms with Gasteiger partial charge in [0.2, 0.25) is 11.7 Å². The number of alkyl halides is 2. The molecule has 0 aromatic carbocycles. The molecule has 236 valence electrons. The van der Waals surface area contributed by atoms with Crippen molar-refractivity contribution in [3.05, 3.63) is 25.3 Å².